The Morgan fingerprint density at radius 2 is 2.04 bits per heavy atom. The smallest absolute Gasteiger partial charge is 0.303 e. The third-order valence-electron chi connectivity index (χ3n) is 4.86. The number of likely N-dealkylation sites (tertiary alicyclic amines) is 1. The molecule has 2 aliphatic heterocycles. The van der Waals surface area contributed by atoms with Gasteiger partial charge in [0.15, 0.2) is 0 Å². The number of para-hydroxylation sites is 1. The number of benzene rings is 1. The van der Waals surface area contributed by atoms with E-state index in [1.165, 1.54) is 0 Å². The van der Waals surface area contributed by atoms with E-state index < -0.39 is 5.97 Å². The molecule has 0 aliphatic carbocycles. The molecule has 0 saturated carbocycles. The first-order valence-electron chi connectivity index (χ1n) is 8.41. The van der Waals surface area contributed by atoms with Crippen LogP contribution < -0.4 is 4.74 Å². The highest BCUT2D eigenvalue weighted by atomic mass is 16.5. The van der Waals surface area contributed by atoms with Gasteiger partial charge in [0.1, 0.15) is 5.75 Å². The maximum absolute atomic E-state index is 13.1. The van der Waals surface area contributed by atoms with Crippen molar-refractivity contribution in [1.82, 2.24) is 4.90 Å². The molecule has 2 atom stereocenters. The van der Waals surface area contributed by atoms with E-state index in [0.29, 0.717) is 19.4 Å². The second-order valence-corrected chi connectivity index (χ2v) is 6.34. The zero-order valence-corrected chi connectivity index (χ0v) is 13.2. The average molecular weight is 317 g/mol. The van der Waals surface area contributed by atoms with Crippen molar-refractivity contribution in [2.24, 2.45) is 0 Å². The van der Waals surface area contributed by atoms with E-state index in [9.17, 15) is 9.59 Å². The molecule has 2 aliphatic rings. The molecule has 23 heavy (non-hydrogen) atoms. The molecule has 1 fully saturated rings. The van der Waals surface area contributed by atoms with Crippen LogP contribution in [0, 0.1) is 0 Å². The van der Waals surface area contributed by atoms with Gasteiger partial charge < -0.3 is 14.7 Å². The summed E-state index contributed by atoms with van der Waals surface area (Å²) in [6.45, 7) is 1.30. The molecule has 3 rings (SSSR count). The Bertz CT molecular complexity index is 586. The maximum atomic E-state index is 13.1. The second kappa shape index (κ2) is 7.02. The van der Waals surface area contributed by atoms with Crippen molar-refractivity contribution in [3.8, 4) is 5.75 Å². The third-order valence-corrected chi connectivity index (χ3v) is 4.86. The Labute approximate surface area is 136 Å². The Hall–Kier alpha value is -2.04. The number of ether oxygens (including phenoxy) is 1. The van der Waals surface area contributed by atoms with Gasteiger partial charge in [0.2, 0.25) is 5.91 Å². The van der Waals surface area contributed by atoms with Crippen molar-refractivity contribution < 1.29 is 19.4 Å². The SMILES string of the molecule is O=C(O)CCC1CCCCN1C(=O)C1CCOc2ccccc21. The quantitative estimate of drug-likeness (QED) is 0.927. The van der Waals surface area contributed by atoms with Crippen molar-refractivity contribution in [2.45, 2.75) is 50.5 Å². The average Bonchev–Trinajstić information content (AvgIpc) is 2.59. The van der Waals surface area contributed by atoms with Gasteiger partial charge in [-0.3, -0.25) is 9.59 Å². The lowest BCUT2D eigenvalue weighted by atomic mass is 9.89. The molecular weight excluding hydrogens is 294 g/mol. The van der Waals surface area contributed by atoms with E-state index in [0.717, 1.165) is 37.1 Å². The lowest BCUT2D eigenvalue weighted by Crippen LogP contribution is -2.46. The predicted octanol–water partition coefficient (Wildman–Crippen LogP) is 2.80. The Kier molecular flexibility index (Phi) is 4.84. The van der Waals surface area contributed by atoms with Gasteiger partial charge in [-0.25, -0.2) is 0 Å². The predicted molar refractivity (Wildman–Crippen MR) is 85.5 cm³/mol. The molecular formula is C18H23NO4. The summed E-state index contributed by atoms with van der Waals surface area (Å²) in [7, 11) is 0. The number of rotatable bonds is 4. The molecule has 2 heterocycles. The Balaban J connectivity index is 1.77. The van der Waals surface area contributed by atoms with Crippen molar-refractivity contribution in [1.29, 1.82) is 0 Å². The minimum atomic E-state index is -0.792. The van der Waals surface area contributed by atoms with Crippen LogP contribution in [0.5, 0.6) is 5.75 Å². The molecule has 1 N–H and O–H groups in total. The van der Waals surface area contributed by atoms with Gasteiger partial charge >= 0.3 is 5.97 Å². The fraction of sp³-hybridized carbons (Fsp3) is 0.556. The molecule has 0 bridgehead atoms. The minimum Gasteiger partial charge on any atom is -0.493 e. The fourth-order valence-corrected chi connectivity index (χ4v) is 3.68. The number of hydrogen-bond acceptors (Lipinski definition) is 3. The molecule has 1 saturated heterocycles. The van der Waals surface area contributed by atoms with Crippen LogP contribution in [0.15, 0.2) is 24.3 Å². The van der Waals surface area contributed by atoms with Gasteiger partial charge in [-0.1, -0.05) is 18.2 Å². The molecule has 0 aromatic heterocycles. The molecule has 0 spiro atoms. The summed E-state index contributed by atoms with van der Waals surface area (Å²) in [6, 6.07) is 7.79. The summed E-state index contributed by atoms with van der Waals surface area (Å²) in [5.41, 5.74) is 0.964. The monoisotopic (exact) mass is 317 g/mol. The van der Waals surface area contributed by atoms with Crippen LogP contribution in [0.1, 0.15) is 50.0 Å². The first-order chi connectivity index (χ1) is 11.2. The summed E-state index contributed by atoms with van der Waals surface area (Å²) in [5, 5.41) is 8.93. The number of carboxylic acid groups (broad SMARTS) is 1. The highest BCUT2D eigenvalue weighted by Gasteiger charge is 2.35. The normalized spacial score (nSPS) is 23.7. The van der Waals surface area contributed by atoms with Crippen LogP contribution >= 0.6 is 0 Å². The van der Waals surface area contributed by atoms with Gasteiger partial charge in [0, 0.05) is 24.6 Å². The third kappa shape index (κ3) is 3.49. The van der Waals surface area contributed by atoms with Crippen molar-refractivity contribution >= 4 is 11.9 Å². The van der Waals surface area contributed by atoms with E-state index in [-0.39, 0.29) is 24.3 Å². The van der Waals surface area contributed by atoms with Crippen LogP contribution in [0.3, 0.4) is 0 Å². The molecule has 0 radical (unpaired) electrons. The number of carboxylic acids is 1. The second-order valence-electron chi connectivity index (χ2n) is 6.34. The first kappa shape index (κ1) is 15.8. The first-order valence-corrected chi connectivity index (χ1v) is 8.41. The van der Waals surface area contributed by atoms with Crippen LogP contribution in [0.2, 0.25) is 0 Å². The zero-order valence-electron chi connectivity index (χ0n) is 13.2. The van der Waals surface area contributed by atoms with Crippen LogP contribution in [0.25, 0.3) is 0 Å². The topological polar surface area (TPSA) is 66.8 Å². The zero-order chi connectivity index (χ0) is 16.2. The lowest BCUT2D eigenvalue weighted by Gasteiger charge is -2.39. The lowest BCUT2D eigenvalue weighted by molar-refractivity contribution is -0.141. The number of carbonyl (C=O) groups is 2. The number of nitrogens with zero attached hydrogens (tertiary/aromatic N) is 1. The summed E-state index contributed by atoms with van der Waals surface area (Å²) in [6.07, 6.45) is 4.34. The van der Waals surface area contributed by atoms with Crippen molar-refractivity contribution in [3.05, 3.63) is 29.8 Å². The number of hydrogen-bond donors (Lipinski definition) is 1. The van der Waals surface area contributed by atoms with E-state index in [4.69, 9.17) is 9.84 Å². The standard InChI is InChI=1S/C18H23NO4/c20-17(21)9-8-13-5-3-4-11-19(13)18(22)15-10-12-23-16-7-2-1-6-14(15)16/h1-2,6-7,13,15H,3-5,8-12H2,(H,20,21). The summed E-state index contributed by atoms with van der Waals surface area (Å²) in [5.74, 6) is -0.0169. The summed E-state index contributed by atoms with van der Waals surface area (Å²) in [4.78, 5) is 25.9. The largest absolute Gasteiger partial charge is 0.493 e. The van der Waals surface area contributed by atoms with E-state index >= 15 is 0 Å². The van der Waals surface area contributed by atoms with Gasteiger partial charge in [0.25, 0.3) is 0 Å². The van der Waals surface area contributed by atoms with E-state index in [2.05, 4.69) is 0 Å². The van der Waals surface area contributed by atoms with Gasteiger partial charge in [-0.15, -0.1) is 0 Å². The van der Waals surface area contributed by atoms with Crippen LogP contribution in [-0.4, -0.2) is 41.1 Å². The molecule has 1 aromatic carbocycles. The van der Waals surface area contributed by atoms with Gasteiger partial charge in [0.05, 0.1) is 12.5 Å². The molecule has 124 valence electrons. The molecule has 1 amide bonds. The molecule has 2 unspecified atom stereocenters. The van der Waals surface area contributed by atoms with Crippen molar-refractivity contribution in [2.75, 3.05) is 13.2 Å². The van der Waals surface area contributed by atoms with E-state index in [1.54, 1.807) is 0 Å². The Morgan fingerprint density at radius 3 is 2.87 bits per heavy atom. The summed E-state index contributed by atoms with van der Waals surface area (Å²) >= 11 is 0. The Morgan fingerprint density at radius 1 is 1.22 bits per heavy atom. The van der Waals surface area contributed by atoms with Crippen molar-refractivity contribution in [3.63, 3.8) is 0 Å². The molecule has 1 aromatic rings. The van der Waals surface area contributed by atoms with Gasteiger partial charge in [-0.05, 0) is 38.2 Å². The highest BCUT2D eigenvalue weighted by Crippen LogP contribution is 2.36. The van der Waals surface area contributed by atoms with E-state index in [1.807, 2.05) is 29.2 Å². The fourth-order valence-electron chi connectivity index (χ4n) is 3.68. The number of piperidine rings is 1. The van der Waals surface area contributed by atoms with Gasteiger partial charge in [-0.2, -0.15) is 0 Å². The van der Waals surface area contributed by atoms with Crippen LogP contribution in [-0.2, 0) is 9.59 Å². The van der Waals surface area contributed by atoms with Crippen LogP contribution in [0.4, 0.5) is 0 Å². The number of amides is 1. The number of aliphatic carboxylic acids is 1. The number of carbonyl (C=O) groups excluding carboxylic acids is 1. The highest BCUT2D eigenvalue weighted by molar-refractivity contribution is 5.85. The minimum absolute atomic E-state index is 0.0577. The maximum Gasteiger partial charge on any atom is 0.303 e. The molecule has 5 heteroatoms. The summed E-state index contributed by atoms with van der Waals surface area (Å²) < 4.78 is 5.65. The number of fused-ring (bicyclic) bond motifs is 1. The molecule has 5 nitrogen and oxygen atoms in total.